The van der Waals surface area contributed by atoms with Crippen LogP contribution in [0.25, 0.3) is 27.1 Å². The van der Waals surface area contributed by atoms with Gasteiger partial charge in [0.05, 0.1) is 17.5 Å². The fourth-order valence-electron chi connectivity index (χ4n) is 3.16. The van der Waals surface area contributed by atoms with Gasteiger partial charge >= 0.3 is 0 Å². The van der Waals surface area contributed by atoms with Crippen LogP contribution in [0.2, 0.25) is 0 Å². The van der Waals surface area contributed by atoms with Gasteiger partial charge in [-0.15, -0.1) is 0 Å². The van der Waals surface area contributed by atoms with Crippen molar-refractivity contribution in [1.29, 1.82) is 0 Å². The summed E-state index contributed by atoms with van der Waals surface area (Å²) in [5.74, 6) is 1.30. The van der Waals surface area contributed by atoms with E-state index in [2.05, 4.69) is 20.1 Å². The fourth-order valence-corrected chi connectivity index (χ4v) is 3.16. The molecule has 0 spiro atoms. The van der Waals surface area contributed by atoms with Crippen LogP contribution in [0.15, 0.2) is 63.8 Å². The largest absolute Gasteiger partial charge is 0.455 e. The molecule has 0 aliphatic carbocycles. The van der Waals surface area contributed by atoms with E-state index < -0.39 is 0 Å². The van der Waals surface area contributed by atoms with E-state index in [1.165, 1.54) is 0 Å². The van der Waals surface area contributed by atoms with E-state index in [1.54, 1.807) is 25.1 Å². The summed E-state index contributed by atoms with van der Waals surface area (Å²) in [6, 6.07) is 16.6. The molecule has 7 nitrogen and oxygen atoms in total. The van der Waals surface area contributed by atoms with E-state index >= 15 is 0 Å². The van der Waals surface area contributed by atoms with Gasteiger partial charge in [-0.1, -0.05) is 42.5 Å². The highest BCUT2D eigenvalue weighted by atomic mass is 16.3. The zero-order valence-corrected chi connectivity index (χ0v) is 15.6. The average molecular weight is 383 g/mol. The first-order valence-electron chi connectivity index (χ1n) is 8.94. The Morgan fingerprint density at radius 1 is 1.10 bits per heavy atom. The molecule has 0 fully saturated rings. The number of nitrogens with two attached hydrogens (primary N) is 1. The van der Waals surface area contributed by atoms with Gasteiger partial charge in [0, 0.05) is 12.1 Å². The molecular weight excluding hydrogens is 366 g/mol. The van der Waals surface area contributed by atoms with E-state index in [4.69, 9.17) is 16.7 Å². The van der Waals surface area contributed by atoms with Crippen LogP contribution >= 0.6 is 0 Å². The third-order valence-electron chi connectivity index (χ3n) is 4.50. The third kappa shape index (κ3) is 3.39. The standard InChI is InChI=1S/C22H17N5O2/c1-13-26-21(23)18(24-2)22(27-13)25-12-16-19(28)15-10-6-7-11-17(15)29-20(16)14-8-4-3-5-9-14/h3-11H,12H2,1H3,(H3,23,25,26,27). The van der Waals surface area contributed by atoms with Crippen molar-refractivity contribution in [2.45, 2.75) is 13.5 Å². The van der Waals surface area contributed by atoms with Gasteiger partial charge in [-0.3, -0.25) is 4.79 Å². The van der Waals surface area contributed by atoms with Crippen LogP contribution in [0.5, 0.6) is 0 Å². The zero-order chi connectivity index (χ0) is 20.4. The van der Waals surface area contributed by atoms with Gasteiger partial charge in [0.1, 0.15) is 28.8 Å². The lowest BCUT2D eigenvalue weighted by Crippen LogP contribution is -2.16. The Balaban J connectivity index is 1.85. The molecule has 0 atom stereocenters. The number of fused-ring (bicyclic) bond motifs is 1. The van der Waals surface area contributed by atoms with E-state index in [9.17, 15) is 4.79 Å². The van der Waals surface area contributed by atoms with Crippen molar-refractivity contribution < 1.29 is 4.42 Å². The van der Waals surface area contributed by atoms with Crippen LogP contribution in [0, 0.1) is 13.5 Å². The van der Waals surface area contributed by atoms with Crippen LogP contribution in [0.3, 0.4) is 0 Å². The second-order valence-corrected chi connectivity index (χ2v) is 6.42. The molecule has 2 heterocycles. The molecule has 4 aromatic rings. The summed E-state index contributed by atoms with van der Waals surface area (Å²) in [5.41, 5.74) is 7.58. The summed E-state index contributed by atoms with van der Waals surface area (Å²) in [6.45, 7) is 9.16. The van der Waals surface area contributed by atoms with Crippen molar-refractivity contribution in [3.8, 4) is 11.3 Å². The van der Waals surface area contributed by atoms with E-state index in [0.29, 0.717) is 28.1 Å². The number of para-hydroxylation sites is 1. The van der Waals surface area contributed by atoms with Gasteiger partial charge in [0.15, 0.2) is 5.43 Å². The lowest BCUT2D eigenvalue weighted by molar-refractivity contribution is 0.611. The molecule has 0 saturated carbocycles. The summed E-state index contributed by atoms with van der Waals surface area (Å²) in [4.78, 5) is 24.9. The van der Waals surface area contributed by atoms with E-state index in [1.807, 2.05) is 36.4 Å². The summed E-state index contributed by atoms with van der Waals surface area (Å²) in [7, 11) is 0. The highest BCUT2D eigenvalue weighted by molar-refractivity contribution is 5.81. The molecule has 2 aromatic carbocycles. The lowest BCUT2D eigenvalue weighted by Gasteiger charge is -2.13. The van der Waals surface area contributed by atoms with Gasteiger partial charge in [-0.25, -0.2) is 14.8 Å². The van der Waals surface area contributed by atoms with Gasteiger partial charge < -0.3 is 15.5 Å². The molecule has 0 aliphatic rings. The minimum absolute atomic E-state index is 0.101. The van der Waals surface area contributed by atoms with Gasteiger partial charge in [0.25, 0.3) is 5.69 Å². The number of benzene rings is 2. The Kier molecular flexibility index (Phi) is 4.67. The summed E-state index contributed by atoms with van der Waals surface area (Å²) >= 11 is 0. The first kappa shape index (κ1) is 18.2. The molecule has 0 radical (unpaired) electrons. The molecule has 4 rings (SSSR count). The van der Waals surface area contributed by atoms with Crippen LogP contribution in [-0.2, 0) is 6.54 Å². The Hall–Kier alpha value is -4.18. The predicted molar refractivity (Wildman–Crippen MR) is 113 cm³/mol. The number of aromatic nitrogens is 2. The van der Waals surface area contributed by atoms with Gasteiger partial charge in [-0.05, 0) is 19.1 Å². The highest BCUT2D eigenvalue weighted by Gasteiger charge is 2.17. The number of rotatable bonds is 4. The first-order valence-corrected chi connectivity index (χ1v) is 8.94. The van der Waals surface area contributed by atoms with E-state index in [-0.39, 0.29) is 29.3 Å². The predicted octanol–water partition coefficient (Wildman–Crippen LogP) is 4.30. The second-order valence-electron chi connectivity index (χ2n) is 6.42. The van der Waals surface area contributed by atoms with Crippen molar-refractivity contribution in [3.05, 3.63) is 87.6 Å². The fraction of sp³-hybridized carbons (Fsp3) is 0.0909. The first-order chi connectivity index (χ1) is 14.1. The zero-order valence-electron chi connectivity index (χ0n) is 15.6. The quantitative estimate of drug-likeness (QED) is 0.510. The maximum atomic E-state index is 13.2. The Morgan fingerprint density at radius 3 is 2.59 bits per heavy atom. The maximum Gasteiger partial charge on any atom is 0.268 e. The third-order valence-corrected chi connectivity index (χ3v) is 4.50. The number of anilines is 2. The number of aryl methyl sites for hydroxylation is 1. The molecule has 2 aromatic heterocycles. The highest BCUT2D eigenvalue weighted by Crippen LogP contribution is 2.30. The number of hydrogen-bond donors (Lipinski definition) is 2. The second kappa shape index (κ2) is 7.44. The molecule has 0 unspecified atom stereocenters. The maximum absolute atomic E-state index is 13.2. The van der Waals surface area contributed by atoms with Crippen LogP contribution < -0.4 is 16.5 Å². The number of nitrogens with one attached hydrogen (secondary N) is 1. The SMILES string of the molecule is [C-]#[N+]c1c(N)nc(C)nc1NCc1c(-c2ccccc2)oc2ccccc2c1=O. The molecule has 0 amide bonds. The monoisotopic (exact) mass is 383 g/mol. The number of nitrogens with zero attached hydrogens (tertiary/aromatic N) is 3. The molecule has 0 saturated heterocycles. The Morgan fingerprint density at radius 2 is 1.83 bits per heavy atom. The minimum Gasteiger partial charge on any atom is -0.455 e. The smallest absolute Gasteiger partial charge is 0.268 e. The molecule has 3 N–H and O–H groups in total. The summed E-state index contributed by atoms with van der Waals surface area (Å²) in [5, 5.41) is 3.57. The van der Waals surface area contributed by atoms with Crippen molar-refractivity contribution in [3.63, 3.8) is 0 Å². The van der Waals surface area contributed by atoms with Crippen LogP contribution in [0.4, 0.5) is 17.3 Å². The molecule has 0 bridgehead atoms. The van der Waals surface area contributed by atoms with Crippen molar-refractivity contribution in [2.24, 2.45) is 0 Å². The average Bonchev–Trinajstić information content (AvgIpc) is 2.73. The Labute approximate surface area is 166 Å². The van der Waals surface area contributed by atoms with Crippen molar-refractivity contribution >= 4 is 28.3 Å². The van der Waals surface area contributed by atoms with Crippen molar-refractivity contribution in [2.75, 3.05) is 11.1 Å². The Bertz CT molecular complexity index is 1310. The molecule has 142 valence electrons. The van der Waals surface area contributed by atoms with Crippen molar-refractivity contribution in [1.82, 2.24) is 9.97 Å². The molecule has 7 heteroatoms. The molecule has 29 heavy (non-hydrogen) atoms. The topological polar surface area (TPSA) is 98.4 Å². The normalized spacial score (nSPS) is 10.6. The van der Waals surface area contributed by atoms with Crippen LogP contribution in [-0.4, -0.2) is 9.97 Å². The summed E-state index contributed by atoms with van der Waals surface area (Å²) in [6.07, 6.45) is 0. The van der Waals surface area contributed by atoms with Gasteiger partial charge in [-0.2, -0.15) is 0 Å². The lowest BCUT2D eigenvalue weighted by atomic mass is 10.0. The molecular formula is C22H17N5O2. The number of hydrogen-bond acceptors (Lipinski definition) is 6. The summed E-state index contributed by atoms with van der Waals surface area (Å²) < 4.78 is 6.09. The van der Waals surface area contributed by atoms with Crippen LogP contribution in [0.1, 0.15) is 11.4 Å². The molecule has 0 aliphatic heterocycles. The van der Waals surface area contributed by atoms with E-state index in [0.717, 1.165) is 5.56 Å². The van der Waals surface area contributed by atoms with Gasteiger partial charge in [0.2, 0.25) is 0 Å². The number of nitrogen functional groups attached to an aromatic ring is 1. The minimum atomic E-state index is -0.138.